The number of aromatic nitrogens is 1. The van der Waals surface area contributed by atoms with Crippen LogP contribution in [0.15, 0.2) is 35.7 Å². The van der Waals surface area contributed by atoms with Gasteiger partial charge in [-0.15, -0.1) is 11.3 Å². The van der Waals surface area contributed by atoms with Gasteiger partial charge in [0.15, 0.2) is 22.9 Å². The van der Waals surface area contributed by atoms with E-state index in [0.717, 1.165) is 28.4 Å². The van der Waals surface area contributed by atoms with Gasteiger partial charge < -0.3 is 4.74 Å². The van der Waals surface area contributed by atoms with E-state index in [-0.39, 0.29) is 41.7 Å². The molecule has 1 fully saturated rings. The monoisotopic (exact) mass is 489 g/mol. The molecule has 2 aromatic rings. The SMILES string of the molecule is C[C@H](OC(=O)CCN1C(=O)[C@@H]2CC=CC[C@H]2C1=O)C(=O)Nc1nc(-c2ccc(F)c(F)c2)cs1. The zero-order valence-electron chi connectivity index (χ0n) is 18.1. The van der Waals surface area contributed by atoms with Crippen LogP contribution in [0.4, 0.5) is 13.9 Å². The molecule has 8 nitrogen and oxygen atoms in total. The van der Waals surface area contributed by atoms with E-state index < -0.39 is 29.6 Å². The Hall–Kier alpha value is -3.47. The van der Waals surface area contributed by atoms with Crippen LogP contribution >= 0.6 is 11.3 Å². The molecule has 0 bridgehead atoms. The van der Waals surface area contributed by atoms with Crippen molar-refractivity contribution in [3.8, 4) is 11.3 Å². The number of hydrogen-bond acceptors (Lipinski definition) is 7. The standard InChI is InChI=1S/C23H21F2N3O5S/c1-12(20(30)27-23-26-18(11-34-23)13-6-7-16(24)17(25)10-13)33-19(29)8-9-28-21(31)14-4-2-3-5-15(14)22(28)32/h2-3,6-7,10-12,14-15H,4-5,8-9H2,1H3,(H,26,27,30)/t12-,14+,15+/m0/s1. The number of benzene rings is 1. The summed E-state index contributed by atoms with van der Waals surface area (Å²) >= 11 is 1.07. The Morgan fingerprint density at radius 3 is 2.50 bits per heavy atom. The number of imide groups is 1. The highest BCUT2D eigenvalue weighted by Gasteiger charge is 2.47. The van der Waals surface area contributed by atoms with Crippen LogP contribution in [0.1, 0.15) is 26.2 Å². The summed E-state index contributed by atoms with van der Waals surface area (Å²) in [7, 11) is 0. The maximum Gasteiger partial charge on any atom is 0.308 e. The minimum atomic E-state index is -1.15. The summed E-state index contributed by atoms with van der Waals surface area (Å²) in [5.74, 6) is -4.64. The van der Waals surface area contributed by atoms with E-state index in [4.69, 9.17) is 4.74 Å². The van der Waals surface area contributed by atoms with Gasteiger partial charge in [0.2, 0.25) is 11.8 Å². The van der Waals surface area contributed by atoms with E-state index in [1.165, 1.54) is 13.0 Å². The van der Waals surface area contributed by atoms with Crippen LogP contribution in [-0.4, -0.2) is 46.2 Å². The predicted molar refractivity (Wildman–Crippen MR) is 118 cm³/mol. The molecule has 1 saturated heterocycles. The number of thiazole rings is 1. The lowest BCUT2D eigenvalue weighted by Crippen LogP contribution is -2.35. The number of hydrogen-bond donors (Lipinski definition) is 1. The molecular weight excluding hydrogens is 468 g/mol. The van der Waals surface area contributed by atoms with Crippen molar-refractivity contribution in [3.63, 3.8) is 0 Å². The Balaban J connectivity index is 1.27. The van der Waals surface area contributed by atoms with Crippen molar-refractivity contribution in [3.05, 3.63) is 47.4 Å². The van der Waals surface area contributed by atoms with Crippen molar-refractivity contribution in [2.45, 2.75) is 32.3 Å². The molecule has 11 heteroatoms. The lowest BCUT2D eigenvalue weighted by Gasteiger charge is -2.16. The molecule has 0 radical (unpaired) electrons. The van der Waals surface area contributed by atoms with Crippen LogP contribution in [0.3, 0.4) is 0 Å². The molecule has 1 aromatic heterocycles. The zero-order chi connectivity index (χ0) is 24.4. The van der Waals surface area contributed by atoms with Gasteiger partial charge in [0.1, 0.15) is 0 Å². The van der Waals surface area contributed by atoms with Gasteiger partial charge in [0.25, 0.3) is 5.91 Å². The predicted octanol–water partition coefficient (Wildman–Crippen LogP) is 3.30. The third-order valence-corrected chi connectivity index (χ3v) is 6.52. The van der Waals surface area contributed by atoms with Crippen molar-refractivity contribution in [1.29, 1.82) is 0 Å². The van der Waals surface area contributed by atoms with Gasteiger partial charge in [-0.25, -0.2) is 13.8 Å². The van der Waals surface area contributed by atoms with E-state index in [1.54, 1.807) is 5.38 Å². The van der Waals surface area contributed by atoms with Crippen molar-refractivity contribution in [1.82, 2.24) is 9.88 Å². The third-order valence-electron chi connectivity index (χ3n) is 5.77. The van der Waals surface area contributed by atoms with Crippen LogP contribution in [0.5, 0.6) is 0 Å². The number of esters is 1. The van der Waals surface area contributed by atoms with Gasteiger partial charge >= 0.3 is 5.97 Å². The fourth-order valence-electron chi connectivity index (χ4n) is 3.93. The van der Waals surface area contributed by atoms with Crippen LogP contribution in [0.25, 0.3) is 11.3 Å². The molecule has 1 aliphatic heterocycles. The Labute approximate surface area is 197 Å². The van der Waals surface area contributed by atoms with Crippen molar-refractivity contribution >= 4 is 40.2 Å². The van der Waals surface area contributed by atoms with E-state index in [2.05, 4.69) is 10.3 Å². The first-order valence-corrected chi connectivity index (χ1v) is 11.5. The fraction of sp³-hybridized carbons (Fsp3) is 0.348. The van der Waals surface area contributed by atoms with E-state index >= 15 is 0 Å². The first kappa shape index (κ1) is 23.7. The molecule has 3 amide bonds. The maximum absolute atomic E-state index is 13.4. The molecule has 1 aromatic carbocycles. The molecule has 4 rings (SSSR count). The lowest BCUT2D eigenvalue weighted by atomic mass is 9.85. The van der Waals surface area contributed by atoms with Gasteiger partial charge in [-0.2, -0.15) is 0 Å². The number of nitrogens with one attached hydrogen (secondary N) is 1. The number of carbonyl (C=O) groups is 4. The molecule has 2 heterocycles. The van der Waals surface area contributed by atoms with Crippen LogP contribution < -0.4 is 5.32 Å². The third kappa shape index (κ3) is 4.89. The summed E-state index contributed by atoms with van der Waals surface area (Å²) in [4.78, 5) is 54.7. The molecule has 0 spiro atoms. The molecular formula is C23H21F2N3O5S. The van der Waals surface area contributed by atoms with Crippen LogP contribution in [0.2, 0.25) is 0 Å². The quantitative estimate of drug-likeness (QED) is 0.364. The number of anilines is 1. The minimum absolute atomic E-state index is 0.0953. The molecule has 34 heavy (non-hydrogen) atoms. The van der Waals surface area contributed by atoms with Gasteiger partial charge in [-0.05, 0) is 38.0 Å². The highest BCUT2D eigenvalue weighted by molar-refractivity contribution is 7.14. The number of fused-ring (bicyclic) bond motifs is 1. The van der Waals surface area contributed by atoms with Gasteiger partial charge in [-0.1, -0.05) is 12.2 Å². The maximum atomic E-state index is 13.4. The number of ether oxygens (including phenoxy) is 1. The molecule has 1 N–H and O–H groups in total. The summed E-state index contributed by atoms with van der Waals surface area (Å²) in [5.41, 5.74) is 0.691. The number of rotatable bonds is 7. The molecule has 0 saturated carbocycles. The highest BCUT2D eigenvalue weighted by Crippen LogP contribution is 2.35. The number of amides is 3. The molecule has 178 valence electrons. The zero-order valence-corrected chi connectivity index (χ0v) is 18.9. The van der Waals surface area contributed by atoms with Crippen LogP contribution in [0, 0.1) is 23.5 Å². The normalized spacial score (nSPS) is 20.3. The molecule has 1 aliphatic carbocycles. The van der Waals surface area contributed by atoms with Gasteiger partial charge in [0, 0.05) is 17.5 Å². The largest absolute Gasteiger partial charge is 0.452 e. The molecule has 0 unspecified atom stereocenters. The van der Waals surface area contributed by atoms with Gasteiger partial charge in [-0.3, -0.25) is 29.4 Å². The van der Waals surface area contributed by atoms with E-state index in [1.807, 2.05) is 12.2 Å². The Morgan fingerprint density at radius 2 is 1.85 bits per heavy atom. The van der Waals surface area contributed by atoms with Crippen molar-refractivity contribution in [2.75, 3.05) is 11.9 Å². The first-order valence-electron chi connectivity index (χ1n) is 10.7. The Morgan fingerprint density at radius 1 is 1.18 bits per heavy atom. The van der Waals surface area contributed by atoms with Gasteiger partial charge in [0.05, 0.1) is 24.0 Å². The molecule has 3 atom stereocenters. The number of allylic oxidation sites excluding steroid dienone is 2. The smallest absolute Gasteiger partial charge is 0.308 e. The average molecular weight is 490 g/mol. The second-order valence-corrected chi connectivity index (χ2v) is 8.88. The average Bonchev–Trinajstić information content (AvgIpc) is 3.37. The second kappa shape index (κ2) is 9.80. The number of likely N-dealkylation sites (tertiary alicyclic amines) is 1. The minimum Gasteiger partial charge on any atom is -0.452 e. The Bertz CT molecular complexity index is 1160. The summed E-state index contributed by atoms with van der Waals surface area (Å²) in [6, 6.07) is 3.35. The number of halogens is 2. The van der Waals surface area contributed by atoms with Crippen LogP contribution in [-0.2, 0) is 23.9 Å². The summed E-state index contributed by atoms with van der Waals surface area (Å²) in [5, 5.41) is 4.26. The summed E-state index contributed by atoms with van der Waals surface area (Å²) in [6.07, 6.45) is 3.42. The second-order valence-electron chi connectivity index (χ2n) is 8.02. The van der Waals surface area contributed by atoms with Crippen molar-refractivity contribution < 1.29 is 32.7 Å². The topological polar surface area (TPSA) is 106 Å². The summed E-state index contributed by atoms with van der Waals surface area (Å²) < 4.78 is 31.7. The van der Waals surface area contributed by atoms with E-state index in [0.29, 0.717) is 24.1 Å². The van der Waals surface area contributed by atoms with Crippen molar-refractivity contribution in [2.24, 2.45) is 11.8 Å². The fourth-order valence-corrected chi connectivity index (χ4v) is 4.65. The number of carbonyl (C=O) groups excluding carboxylic acids is 4. The summed E-state index contributed by atoms with van der Waals surface area (Å²) in [6.45, 7) is 1.28. The highest BCUT2D eigenvalue weighted by atomic mass is 32.1. The Kier molecular flexibility index (Phi) is 6.82. The lowest BCUT2D eigenvalue weighted by molar-refractivity contribution is -0.154. The molecule has 2 aliphatic rings. The van der Waals surface area contributed by atoms with E-state index in [9.17, 15) is 28.0 Å². The number of nitrogens with zero attached hydrogens (tertiary/aromatic N) is 2. The first-order chi connectivity index (χ1) is 16.2.